The number of pyridine rings is 1. The average Bonchev–Trinajstić information content (AvgIpc) is 2.95. The molecule has 2 aromatic rings. The molecule has 3 N–H and O–H groups in total. The summed E-state index contributed by atoms with van der Waals surface area (Å²) in [5.74, 6) is 0. The first-order valence-corrected chi connectivity index (χ1v) is 8.09. The Balaban J connectivity index is 2.30. The van der Waals surface area contributed by atoms with Crippen LogP contribution in [-0.4, -0.2) is 23.1 Å². The van der Waals surface area contributed by atoms with Crippen LogP contribution in [0.25, 0.3) is 10.4 Å². The normalized spacial score (nSPS) is 12.5. The Morgan fingerprint density at radius 1 is 1.36 bits per heavy atom. The topological polar surface area (TPSA) is 62.8 Å². The van der Waals surface area contributed by atoms with Crippen LogP contribution in [0.1, 0.15) is 5.69 Å². The molecule has 0 spiro atoms. The zero-order valence-electron chi connectivity index (χ0n) is 11.4. The fraction of sp³-hybridized carbons (Fsp3) is 0.143. The minimum absolute atomic E-state index is 0.142. The van der Waals surface area contributed by atoms with Gasteiger partial charge in [-0.2, -0.15) is 13.2 Å². The number of hydrogen-bond donors (Lipinski definition) is 2. The second kappa shape index (κ2) is 6.53. The van der Waals surface area contributed by atoms with Gasteiger partial charge in [0.15, 0.2) is 0 Å². The first-order chi connectivity index (χ1) is 10.3. The van der Waals surface area contributed by atoms with Gasteiger partial charge in [-0.05, 0) is 42.2 Å². The number of nitrogens with two attached hydrogens (primary N) is 1. The molecule has 0 fully saturated rings. The summed E-state index contributed by atoms with van der Waals surface area (Å²) in [4.78, 5) is 4.90. The van der Waals surface area contributed by atoms with Crippen molar-refractivity contribution in [2.75, 3.05) is 6.26 Å². The summed E-state index contributed by atoms with van der Waals surface area (Å²) in [5.41, 5.74) is 4.18. The molecule has 22 heavy (non-hydrogen) atoms. The quantitative estimate of drug-likeness (QED) is 0.642. The Kier molecular flexibility index (Phi) is 4.92. The smallest absolute Gasteiger partial charge is 0.395 e. The largest absolute Gasteiger partial charge is 0.430 e. The molecular weight excluding hydrogens is 331 g/mol. The lowest BCUT2D eigenvalue weighted by atomic mass is 10.1. The number of rotatable bonds is 4. The maximum atomic E-state index is 12.4. The van der Waals surface area contributed by atoms with Crippen LogP contribution in [0, 0.1) is 5.41 Å². The predicted molar refractivity (Wildman–Crippen MR) is 84.5 cm³/mol. The second-order valence-corrected chi connectivity index (χ2v) is 6.45. The van der Waals surface area contributed by atoms with E-state index in [1.54, 1.807) is 35.2 Å². The fourth-order valence-electron chi connectivity index (χ4n) is 1.63. The number of thiophene rings is 1. The molecule has 2 heterocycles. The lowest BCUT2D eigenvalue weighted by Gasteiger charge is -2.07. The van der Waals surface area contributed by atoms with E-state index in [1.165, 1.54) is 6.20 Å². The van der Waals surface area contributed by atoms with E-state index in [2.05, 4.69) is 4.98 Å². The molecule has 0 aliphatic carbocycles. The van der Waals surface area contributed by atoms with Gasteiger partial charge in [0, 0.05) is 11.1 Å². The summed E-state index contributed by atoms with van der Waals surface area (Å²) < 4.78 is 38.3. The molecular formula is C14H12F3N3S2. The third kappa shape index (κ3) is 3.89. The lowest BCUT2D eigenvalue weighted by Crippen LogP contribution is -2.20. The van der Waals surface area contributed by atoms with E-state index in [4.69, 9.17) is 11.1 Å². The molecule has 0 bridgehead atoms. The predicted octanol–water partition coefficient (Wildman–Crippen LogP) is 4.30. The Labute approximate surface area is 133 Å². The summed E-state index contributed by atoms with van der Waals surface area (Å²) in [6, 6.07) is 7.23. The van der Waals surface area contributed by atoms with Crippen LogP contribution in [0.2, 0.25) is 0 Å². The van der Waals surface area contributed by atoms with Gasteiger partial charge >= 0.3 is 6.18 Å². The number of alkyl halides is 3. The summed E-state index contributed by atoms with van der Waals surface area (Å²) in [5, 5.41) is 7.72. The Morgan fingerprint density at radius 3 is 2.68 bits per heavy atom. The summed E-state index contributed by atoms with van der Waals surface area (Å²) in [6.45, 7) is 0. The monoisotopic (exact) mass is 343 g/mol. The molecule has 0 saturated heterocycles. The molecule has 0 unspecified atom stereocenters. The van der Waals surface area contributed by atoms with Gasteiger partial charge in [0.05, 0.1) is 15.6 Å². The van der Waals surface area contributed by atoms with Crippen LogP contribution < -0.4 is 5.73 Å². The minimum Gasteiger partial charge on any atom is -0.395 e. The number of allylic oxidation sites excluding steroid dienone is 2. The Morgan fingerprint density at radius 2 is 2.09 bits per heavy atom. The maximum absolute atomic E-state index is 12.4. The standard InChI is InChI=1S/C14H12F3N3S2/c1-21-13-3-2-11(22-13)8-4-5-20-10(6-8)9(18)7-12(19)14(15,16)17/h2-7,18H,19H2,1H3. The first kappa shape index (κ1) is 16.6. The number of hydrogen-bond acceptors (Lipinski definition) is 5. The molecule has 2 rings (SSSR count). The third-order valence-corrected chi connectivity index (χ3v) is 4.95. The first-order valence-electron chi connectivity index (χ1n) is 6.05. The van der Waals surface area contributed by atoms with E-state index >= 15 is 0 Å². The number of nitrogens with zero attached hydrogens (tertiary/aromatic N) is 1. The van der Waals surface area contributed by atoms with Gasteiger partial charge in [-0.1, -0.05) is 0 Å². The van der Waals surface area contributed by atoms with Crippen molar-refractivity contribution in [2.24, 2.45) is 5.73 Å². The van der Waals surface area contributed by atoms with Crippen molar-refractivity contribution in [3.63, 3.8) is 0 Å². The highest BCUT2D eigenvalue weighted by Gasteiger charge is 2.31. The molecule has 0 radical (unpaired) electrons. The number of thioether (sulfide) groups is 1. The molecule has 0 aromatic carbocycles. The van der Waals surface area contributed by atoms with Crippen molar-refractivity contribution in [2.45, 2.75) is 10.4 Å². The zero-order chi connectivity index (χ0) is 16.3. The van der Waals surface area contributed by atoms with Gasteiger partial charge in [0.1, 0.15) is 5.70 Å². The van der Waals surface area contributed by atoms with Gasteiger partial charge in [-0.25, -0.2) is 0 Å². The van der Waals surface area contributed by atoms with Crippen LogP contribution >= 0.6 is 23.1 Å². The van der Waals surface area contributed by atoms with Gasteiger partial charge < -0.3 is 5.73 Å². The van der Waals surface area contributed by atoms with Crippen molar-refractivity contribution >= 4 is 28.8 Å². The zero-order valence-corrected chi connectivity index (χ0v) is 13.1. The van der Waals surface area contributed by atoms with E-state index in [-0.39, 0.29) is 11.4 Å². The highest BCUT2D eigenvalue weighted by molar-refractivity contribution is 8.00. The van der Waals surface area contributed by atoms with E-state index < -0.39 is 11.9 Å². The molecule has 0 amide bonds. The van der Waals surface area contributed by atoms with Gasteiger partial charge in [-0.3, -0.25) is 10.4 Å². The van der Waals surface area contributed by atoms with Crippen molar-refractivity contribution in [3.8, 4) is 10.4 Å². The second-order valence-electron chi connectivity index (χ2n) is 4.26. The number of nitrogens with one attached hydrogen (secondary N) is 1. The molecule has 2 aromatic heterocycles. The molecule has 8 heteroatoms. The van der Waals surface area contributed by atoms with E-state index in [0.717, 1.165) is 14.6 Å². The summed E-state index contributed by atoms with van der Waals surface area (Å²) in [6.07, 6.45) is -0.637. The van der Waals surface area contributed by atoms with Gasteiger partial charge in [-0.15, -0.1) is 23.1 Å². The van der Waals surface area contributed by atoms with Gasteiger partial charge in [0.2, 0.25) is 0 Å². The molecule has 0 saturated carbocycles. The van der Waals surface area contributed by atoms with Crippen molar-refractivity contribution in [1.82, 2.24) is 4.98 Å². The molecule has 0 aliphatic heterocycles. The third-order valence-electron chi connectivity index (χ3n) is 2.73. The lowest BCUT2D eigenvalue weighted by molar-refractivity contribution is -0.0925. The van der Waals surface area contributed by atoms with Crippen LogP contribution in [0.5, 0.6) is 0 Å². The van der Waals surface area contributed by atoms with E-state index in [0.29, 0.717) is 6.08 Å². The van der Waals surface area contributed by atoms with Crippen molar-refractivity contribution in [1.29, 1.82) is 5.41 Å². The fourth-order valence-corrected chi connectivity index (χ4v) is 3.17. The van der Waals surface area contributed by atoms with Crippen LogP contribution in [0.15, 0.2) is 46.4 Å². The summed E-state index contributed by atoms with van der Waals surface area (Å²) >= 11 is 3.18. The highest BCUT2D eigenvalue weighted by Crippen LogP contribution is 2.33. The highest BCUT2D eigenvalue weighted by atomic mass is 32.2. The van der Waals surface area contributed by atoms with Crippen molar-refractivity contribution in [3.05, 3.63) is 47.9 Å². The Hall–Kier alpha value is -1.80. The van der Waals surface area contributed by atoms with E-state index in [1.807, 2.05) is 18.4 Å². The molecule has 116 valence electrons. The average molecular weight is 343 g/mol. The minimum atomic E-state index is -4.65. The molecule has 3 nitrogen and oxygen atoms in total. The maximum Gasteiger partial charge on any atom is 0.430 e. The molecule has 0 aliphatic rings. The van der Waals surface area contributed by atoms with Gasteiger partial charge in [0.25, 0.3) is 0 Å². The number of halogens is 3. The molecule has 0 atom stereocenters. The Bertz CT molecular complexity index is 720. The van der Waals surface area contributed by atoms with E-state index in [9.17, 15) is 13.2 Å². The SMILES string of the molecule is CSc1ccc(-c2ccnc(C(=N)C=C(N)C(F)(F)F)c2)s1. The summed E-state index contributed by atoms with van der Waals surface area (Å²) in [7, 11) is 0. The van der Waals surface area contributed by atoms with Crippen LogP contribution in [0.4, 0.5) is 13.2 Å². The van der Waals surface area contributed by atoms with Crippen LogP contribution in [-0.2, 0) is 0 Å². The van der Waals surface area contributed by atoms with Crippen LogP contribution in [0.3, 0.4) is 0 Å². The van der Waals surface area contributed by atoms with Crippen molar-refractivity contribution < 1.29 is 13.2 Å². The number of aromatic nitrogens is 1.